The number of hydrogen-bond donors (Lipinski definition) is 0. The summed E-state index contributed by atoms with van der Waals surface area (Å²) in [5, 5.41) is 3.38. The highest BCUT2D eigenvalue weighted by molar-refractivity contribution is 6.35. The van der Waals surface area contributed by atoms with Crippen LogP contribution in [0.5, 0.6) is 0 Å². The Morgan fingerprint density at radius 2 is 2.64 bits per heavy atom. The number of rotatable bonds is 3. The Morgan fingerprint density at radius 3 is 3.09 bits per heavy atom. The average Bonchev–Trinajstić information content (AvgIpc) is 2.52. The quantitative estimate of drug-likeness (QED) is 0.474. The maximum Gasteiger partial charge on any atom is 0.261 e. The molecule has 1 rings (SSSR count). The fourth-order valence-corrected chi connectivity index (χ4v) is 0.619. The van der Waals surface area contributed by atoms with Crippen molar-refractivity contribution in [2.45, 2.75) is 0 Å². The molecule has 0 atom stereocenters. The molecule has 1 aromatic heterocycles. The first-order chi connectivity index (χ1) is 5.38. The first-order valence-electron chi connectivity index (χ1n) is 2.91. The molecule has 0 aliphatic rings. The number of furan rings is 1. The van der Waals surface area contributed by atoms with Gasteiger partial charge in [0.2, 0.25) is 0 Å². The standard InChI is InChI=1S/C7H6NO3/c1-10-8-6(5-9)7-3-2-4-11-7/h2-4H,1H3. The zero-order valence-corrected chi connectivity index (χ0v) is 5.90. The van der Waals surface area contributed by atoms with E-state index in [2.05, 4.69) is 9.99 Å². The van der Waals surface area contributed by atoms with Gasteiger partial charge in [-0.25, -0.2) is 0 Å². The molecule has 57 valence electrons. The molecule has 0 aromatic carbocycles. The summed E-state index contributed by atoms with van der Waals surface area (Å²) in [6, 6.07) is 3.25. The van der Waals surface area contributed by atoms with E-state index in [0.717, 1.165) is 0 Å². The summed E-state index contributed by atoms with van der Waals surface area (Å²) in [5.41, 5.74) is 0.0255. The smallest absolute Gasteiger partial charge is 0.261 e. The van der Waals surface area contributed by atoms with Gasteiger partial charge >= 0.3 is 0 Å². The summed E-state index contributed by atoms with van der Waals surface area (Å²) in [6.07, 6.45) is 3.03. The Labute approximate surface area is 63.4 Å². The van der Waals surface area contributed by atoms with E-state index in [9.17, 15) is 4.79 Å². The van der Waals surface area contributed by atoms with Gasteiger partial charge in [0.15, 0.2) is 11.5 Å². The zero-order valence-electron chi connectivity index (χ0n) is 5.90. The van der Waals surface area contributed by atoms with Crippen LogP contribution in [0.2, 0.25) is 0 Å². The van der Waals surface area contributed by atoms with Crippen LogP contribution in [0.4, 0.5) is 0 Å². The first-order valence-corrected chi connectivity index (χ1v) is 2.91. The second-order valence-electron chi connectivity index (χ2n) is 1.70. The predicted molar refractivity (Wildman–Crippen MR) is 37.9 cm³/mol. The molecule has 0 aliphatic carbocycles. The van der Waals surface area contributed by atoms with E-state index in [-0.39, 0.29) is 5.71 Å². The summed E-state index contributed by atoms with van der Waals surface area (Å²) >= 11 is 0. The minimum Gasteiger partial charge on any atom is -0.462 e. The molecule has 0 aliphatic heterocycles. The van der Waals surface area contributed by atoms with Crippen molar-refractivity contribution < 1.29 is 14.0 Å². The topological polar surface area (TPSA) is 51.8 Å². The van der Waals surface area contributed by atoms with Crippen LogP contribution < -0.4 is 0 Å². The van der Waals surface area contributed by atoms with Crippen LogP contribution in [0.3, 0.4) is 0 Å². The van der Waals surface area contributed by atoms with E-state index in [1.807, 2.05) is 0 Å². The van der Waals surface area contributed by atoms with Gasteiger partial charge in [0.25, 0.3) is 6.29 Å². The van der Waals surface area contributed by atoms with E-state index in [4.69, 9.17) is 4.42 Å². The van der Waals surface area contributed by atoms with Gasteiger partial charge in [-0.05, 0) is 12.1 Å². The third-order valence-corrected chi connectivity index (χ3v) is 1.03. The van der Waals surface area contributed by atoms with Crippen LogP contribution in [0.15, 0.2) is 28.0 Å². The lowest BCUT2D eigenvalue weighted by Gasteiger charge is -1.89. The van der Waals surface area contributed by atoms with E-state index in [0.29, 0.717) is 5.76 Å². The van der Waals surface area contributed by atoms with Gasteiger partial charge in [0.1, 0.15) is 7.11 Å². The molecule has 4 heteroatoms. The summed E-state index contributed by atoms with van der Waals surface area (Å²) in [6.45, 7) is 0. The fraction of sp³-hybridized carbons (Fsp3) is 0.143. The van der Waals surface area contributed by atoms with Gasteiger partial charge in [-0.1, -0.05) is 5.16 Å². The number of carbonyl (C=O) groups excluding carboxylic acids is 1. The van der Waals surface area contributed by atoms with Crippen LogP contribution in [0.25, 0.3) is 0 Å². The molecule has 0 bridgehead atoms. The molecular weight excluding hydrogens is 146 g/mol. The Morgan fingerprint density at radius 1 is 1.82 bits per heavy atom. The minimum atomic E-state index is 0.0255. The van der Waals surface area contributed by atoms with Gasteiger partial charge < -0.3 is 9.25 Å². The van der Waals surface area contributed by atoms with Gasteiger partial charge in [-0.15, -0.1) is 0 Å². The van der Waals surface area contributed by atoms with Crippen molar-refractivity contribution in [2.24, 2.45) is 5.16 Å². The van der Waals surface area contributed by atoms with Gasteiger partial charge in [-0.2, -0.15) is 0 Å². The van der Waals surface area contributed by atoms with Crippen molar-refractivity contribution in [3.8, 4) is 0 Å². The summed E-state index contributed by atoms with van der Waals surface area (Å²) in [5.74, 6) is 0.349. The van der Waals surface area contributed by atoms with Crippen LogP contribution in [0.1, 0.15) is 5.76 Å². The lowest BCUT2D eigenvalue weighted by Crippen LogP contribution is -2.00. The third kappa shape index (κ3) is 1.67. The van der Waals surface area contributed by atoms with Crippen LogP contribution in [-0.2, 0) is 9.63 Å². The van der Waals surface area contributed by atoms with Crippen LogP contribution in [0, 0.1) is 0 Å². The summed E-state index contributed by atoms with van der Waals surface area (Å²) < 4.78 is 4.87. The van der Waals surface area contributed by atoms with E-state index in [1.165, 1.54) is 13.4 Å². The molecule has 1 aromatic rings. The predicted octanol–water partition coefficient (Wildman–Crippen LogP) is 0.740. The minimum absolute atomic E-state index is 0.0255. The van der Waals surface area contributed by atoms with Crippen LogP contribution >= 0.6 is 0 Å². The highest BCUT2D eigenvalue weighted by atomic mass is 16.6. The monoisotopic (exact) mass is 152 g/mol. The SMILES string of the molecule is CON=C([C]=O)c1ccco1. The zero-order chi connectivity index (χ0) is 8.10. The molecule has 0 unspecified atom stereocenters. The molecule has 0 saturated heterocycles. The normalized spacial score (nSPS) is 11.2. The molecule has 1 radical (unpaired) electrons. The Bertz CT molecular complexity index is 251. The van der Waals surface area contributed by atoms with Crippen molar-refractivity contribution in [1.29, 1.82) is 0 Å². The first kappa shape index (κ1) is 7.53. The van der Waals surface area contributed by atoms with Crippen molar-refractivity contribution in [2.75, 3.05) is 7.11 Å². The fourth-order valence-electron chi connectivity index (χ4n) is 0.619. The molecule has 4 nitrogen and oxygen atoms in total. The third-order valence-electron chi connectivity index (χ3n) is 1.03. The van der Waals surface area contributed by atoms with Crippen molar-refractivity contribution in [1.82, 2.24) is 0 Å². The molecule has 11 heavy (non-hydrogen) atoms. The molecule has 0 saturated carbocycles. The summed E-state index contributed by atoms with van der Waals surface area (Å²) in [4.78, 5) is 14.6. The molecule has 0 N–H and O–H groups in total. The largest absolute Gasteiger partial charge is 0.462 e. The number of hydrogen-bond acceptors (Lipinski definition) is 4. The molecular formula is C7H6NO3. The molecule has 0 spiro atoms. The Balaban J connectivity index is 2.88. The maximum absolute atomic E-state index is 10.2. The van der Waals surface area contributed by atoms with Crippen molar-refractivity contribution >= 4 is 12.0 Å². The van der Waals surface area contributed by atoms with E-state index >= 15 is 0 Å². The lowest BCUT2D eigenvalue weighted by molar-refractivity contribution is 0.213. The highest BCUT2D eigenvalue weighted by Gasteiger charge is 2.05. The second kappa shape index (κ2) is 3.55. The lowest BCUT2D eigenvalue weighted by atomic mass is 10.3. The molecule has 0 fully saturated rings. The van der Waals surface area contributed by atoms with Gasteiger partial charge in [0, 0.05) is 0 Å². The summed E-state index contributed by atoms with van der Waals surface area (Å²) in [7, 11) is 1.35. The molecule has 0 amide bonds. The van der Waals surface area contributed by atoms with Gasteiger partial charge in [-0.3, -0.25) is 4.79 Å². The van der Waals surface area contributed by atoms with Crippen LogP contribution in [-0.4, -0.2) is 19.1 Å². The van der Waals surface area contributed by atoms with E-state index in [1.54, 1.807) is 18.4 Å². The maximum atomic E-state index is 10.2. The number of nitrogens with zero attached hydrogens (tertiary/aromatic N) is 1. The second-order valence-corrected chi connectivity index (χ2v) is 1.70. The highest BCUT2D eigenvalue weighted by Crippen LogP contribution is 2.00. The van der Waals surface area contributed by atoms with E-state index < -0.39 is 0 Å². The van der Waals surface area contributed by atoms with Gasteiger partial charge in [0.05, 0.1) is 6.26 Å². The van der Waals surface area contributed by atoms with Crippen molar-refractivity contribution in [3.63, 3.8) is 0 Å². The molecule has 1 heterocycles. The average molecular weight is 152 g/mol. The number of oxime groups is 1. The Hall–Kier alpha value is -1.58. The van der Waals surface area contributed by atoms with Crippen molar-refractivity contribution in [3.05, 3.63) is 24.2 Å². The Kier molecular flexibility index (Phi) is 2.43.